The minimum absolute atomic E-state index is 0.536. The van der Waals surface area contributed by atoms with Crippen molar-refractivity contribution in [3.05, 3.63) is 0 Å². The molecular formula is C7H14F2OSi. The molecule has 0 bridgehead atoms. The van der Waals surface area contributed by atoms with Crippen molar-refractivity contribution in [2.45, 2.75) is 44.5 Å². The third-order valence-corrected chi connectivity index (χ3v) is 4.52. The molecule has 1 heterocycles. The van der Waals surface area contributed by atoms with Gasteiger partial charge in [0.2, 0.25) is 0 Å². The Balaban J connectivity index is 2.46. The molecule has 11 heavy (non-hydrogen) atoms. The summed E-state index contributed by atoms with van der Waals surface area (Å²) in [5.74, 6) is 0. The van der Waals surface area contributed by atoms with Crippen molar-refractivity contribution in [1.82, 2.24) is 0 Å². The number of halogens is 2. The first-order valence-electron chi connectivity index (χ1n) is 3.97. The van der Waals surface area contributed by atoms with Gasteiger partial charge in [0.1, 0.15) is 6.10 Å². The number of alkyl halides is 2. The third-order valence-electron chi connectivity index (χ3n) is 2.02. The largest absolute Gasteiger partial charge is 0.409 e. The van der Waals surface area contributed by atoms with Crippen LogP contribution in [0.1, 0.15) is 12.8 Å². The summed E-state index contributed by atoms with van der Waals surface area (Å²) in [6.45, 7) is 4.00. The molecule has 4 heteroatoms. The fraction of sp³-hybridized carbons (Fsp3) is 1.00. The Morgan fingerprint density at radius 2 is 2.09 bits per heavy atom. The fourth-order valence-corrected chi connectivity index (χ4v) is 3.65. The van der Waals surface area contributed by atoms with E-state index in [-0.39, 0.29) is 0 Å². The Bertz CT molecular complexity index is 138. The summed E-state index contributed by atoms with van der Waals surface area (Å²) >= 11 is 0. The highest BCUT2D eigenvalue weighted by atomic mass is 28.4. The van der Waals surface area contributed by atoms with E-state index in [0.717, 1.165) is 12.5 Å². The topological polar surface area (TPSA) is 9.23 Å². The van der Waals surface area contributed by atoms with E-state index < -0.39 is 20.8 Å². The van der Waals surface area contributed by atoms with Crippen molar-refractivity contribution < 1.29 is 13.2 Å². The first-order valence-corrected chi connectivity index (χ1v) is 7.09. The van der Waals surface area contributed by atoms with Gasteiger partial charge in [-0.3, -0.25) is 0 Å². The van der Waals surface area contributed by atoms with Crippen LogP contribution in [0.4, 0.5) is 8.78 Å². The van der Waals surface area contributed by atoms with Crippen LogP contribution in [0.15, 0.2) is 0 Å². The molecule has 0 saturated carbocycles. The molecule has 0 spiro atoms. The van der Waals surface area contributed by atoms with Crippen LogP contribution in [0, 0.1) is 0 Å². The van der Waals surface area contributed by atoms with Gasteiger partial charge < -0.3 is 4.43 Å². The normalized spacial score (nSPS) is 30.8. The van der Waals surface area contributed by atoms with Crippen LogP contribution < -0.4 is 0 Å². The van der Waals surface area contributed by atoms with Crippen LogP contribution in [0.3, 0.4) is 0 Å². The predicted octanol–water partition coefficient (Wildman–Crippen LogP) is 2.64. The van der Waals surface area contributed by atoms with Crippen LogP contribution in [-0.2, 0) is 4.43 Å². The molecule has 66 valence electrons. The minimum atomic E-state index is -2.29. The van der Waals surface area contributed by atoms with E-state index in [9.17, 15) is 8.78 Å². The van der Waals surface area contributed by atoms with Crippen LogP contribution in [0.5, 0.6) is 0 Å². The van der Waals surface area contributed by atoms with E-state index in [1.165, 1.54) is 0 Å². The van der Waals surface area contributed by atoms with Crippen LogP contribution in [0.2, 0.25) is 19.1 Å². The number of hydrogen-bond acceptors (Lipinski definition) is 1. The monoisotopic (exact) mass is 180 g/mol. The van der Waals surface area contributed by atoms with Crippen LogP contribution in [-0.4, -0.2) is 20.8 Å². The highest BCUT2D eigenvalue weighted by Gasteiger charge is 2.35. The maximum atomic E-state index is 12.2. The van der Waals surface area contributed by atoms with Gasteiger partial charge in [-0.25, -0.2) is 8.78 Å². The summed E-state index contributed by atoms with van der Waals surface area (Å²) in [4.78, 5) is 0. The van der Waals surface area contributed by atoms with E-state index in [4.69, 9.17) is 4.43 Å². The average molecular weight is 180 g/mol. The second kappa shape index (κ2) is 3.19. The van der Waals surface area contributed by atoms with Gasteiger partial charge in [0.15, 0.2) is 8.32 Å². The lowest BCUT2D eigenvalue weighted by Crippen LogP contribution is -2.42. The standard InChI is InChI=1S/C7H14F2OSi/c1-11(2)5-3-4-6(10-11)7(8)9/h6-7H,3-5H2,1-2H3. The molecule has 1 fully saturated rings. The highest BCUT2D eigenvalue weighted by molar-refractivity contribution is 6.71. The molecule has 1 atom stereocenters. The van der Waals surface area contributed by atoms with Gasteiger partial charge in [0.25, 0.3) is 6.43 Å². The summed E-state index contributed by atoms with van der Waals surface area (Å²) in [5.41, 5.74) is 0. The minimum Gasteiger partial charge on any atom is -0.409 e. The fourth-order valence-electron chi connectivity index (χ4n) is 1.43. The molecule has 1 aliphatic rings. The molecule has 1 unspecified atom stereocenters. The lowest BCUT2D eigenvalue weighted by molar-refractivity contribution is -0.00614. The van der Waals surface area contributed by atoms with E-state index in [1.807, 2.05) is 13.1 Å². The van der Waals surface area contributed by atoms with E-state index in [0.29, 0.717) is 6.42 Å². The van der Waals surface area contributed by atoms with Gasteiger partial charge in [-0.1, -0.05) is 6.42 Å². The molecule has 0 aromatic carbocycles. The van der Waals surface area contributed by atoms with E-state index in [2.05, 4.69) is 0 Å². The molecule has 1 aliphatic heterocycles. The second-order valence-electron chi connectivity index (χ2n) is 3.64. The molecule has 0 aliphatic carbocycles. The molecule has 1 saturated heterocycles. The number of hydrogen-bond donors (Lipinski definition) is 0. The van der Waals surface area contributed by atoms with Gasteiger partial charge in [0.05, 0.1) is 0 Å². The van der Waals surface area contributed by atoms with Gasteiger partial charge in [0, 0.05) is 0 Å². The first-order chi connectivity index (χ1) is 5.01. The zero-order chi connectivity index (χ0) is 8.48. The van der Waals surface area contributed by atoms with Crippen molar-refractivity contribution in [1.29, 1.82) is 0 Å². The molecule has 0 radical (unpaired) electrons. The molecule has 0 aromatic rings. The van der Waals surface area contributed by atoms with E-state index >= 15 is 0 Å². The zero-order valence-electron chi connectivity index (χ0n) is 6.94. The Morgan fingerprint density at radius 1 is 1.45 bits per heavy atom. The molecule has 1 rings (SSSR count). The quantitative estimate of drug-likeness (QED) is 0.564. The maximum absolute atomic E-state index is 12.2. The Morgan fingerprint density at radius 3 is 2.45 bits per heavy atom. The van der Waals surface area contributed by atoms with Crippen molar-refractivity contribution in [2.24, 2.45) is 0 Å². The second-order valence-corrected chi connectivity index (χ2v) is 7.90. The van der Waals surface area contributed by atoms with E-state index in [1.54, 1.807) is 0 Å². The smallest absolute Gasteiger partial charge is 0.263 e. The predicted molar refractivity (Wildman–Crippen MR) is 42.4 cm³/mol. The van der Waals surface area contributed by atoms with Gasteiger partial charge in [-0.05, 0) is 25.6 Å². The van der Waals surface area contributed by atoms with Crippen LogP contribution in [0.25, 0.3) is 0 Å². The summed E-state index contributed by atoms with van der Waals surface area (Å²) in [7, 11) is -1.70. The lowest BCUT2D eigenvalue weighted by Gasteiger charge is -2.33. The van der Waals surface area contributed by atoms with Gasteiger partial charge in [-0.2, -0.15) is 0 Å². The van der Waals surface area contributed by atoms with Gasteiger partial charge >= 0.3 is 0 Å². The number of rotatable bonds is 1. The SMILES string of the molecule is C[Si]1(C)CCCC(C(F)F)O1. The third kappa shape index (κ3) is 2.52. The van der Waals surface area contributed by atoms with Crippen LogP contribution >= 0.6 is 0 Å². The molecular weight excluding hydrogens is 166 g/mol. The Labute approximate surface area is 66.9 Å². The zero-order valence-corrected chi connectivity index (χ0v) is 7.94. The lowest BCUT2D eigenvalue weighted by atomic mass is 10.2. The Kier molecular flexibility index (Phi) is 2.64. The molecule has 0 aromatic heterocycles. The van der Waals surface area contributed by atoms with Crippen molar-refractivity contribution >= 4 is 8.32 Å². The molecule has 0 N–H and O–H groups in total. The highest BCUT2D eigenvalue weighted by Crippen LogP contribution is 2.28. The molecule has 0 amide bonds. The first kappa shape index (κ1) is 9.13. The Hall–Kier alpha value is 0.0369. The summed E-state index contributed by atoms with van der Waals surface area (Å²) < 4.78 is 29.6. The summed E-state index contributed by atoms with van der Waals surface area (Å²) in [5, 5.41) is 0. The maximum Gasteiger partial charge on any atom is 0.263 e. The van der Waals surface area contributed by atoms with Crippen molar-refractivity contribution in [3.8, 4) is 0 Å². The van der Waals surface area contributed by atoms with Crippen molar-refractivity contribution in [3.63, 3.8) is 0 Å². The molecule has 1 nitrogen and oxygen atoms in total. The van der Waals surface area contributed by atoms with Crippen molar-refractivity contribution in [2.75, 3.05) is 0 Å². The summed E-state index contributed by atoms with van der Waals surface area (Å²) in [6, 6.07) is 1.02. The average Bonchev–Trinajstić information content (AvgIpc) is 1.85. The van der Waals surface area contributed by atoms with Gasteiger partial charge in [-0.15, -0.1) is 0 Å². The summed E-state index contributed by atoms with van der Waals surface area (Å²) in [6.07, 6.45) is -1.62.